The third-order valence-corrected chi connectivity index (χ3v) is 6.60. The van der Waals surface area contributed by atoms with Crippen LogP contribution >= 0.6 is 11.8 Å². The Bertz CT molecular complexity index is 766. The zero-order valence-electron chi connectivity index (χ0n) is 15.9. The molecular formula is C21H28N4OS. The van der Waals surface area contributed by atoms with Crippen LogP contribution in [0.2, 0.25) is 0 Å². The van der Waals surface area contributed by atoms with Gasteiger partial charge in [-0.25, -0.2) is 0 Å². The number of carbonyl (C=O) groups is 1. The number of nitrogens with zero attached hydrogens (tertiary/aromatic N) is 3. The van der Waals surface area contributed by atoms with Gasteiger partial charge in [0.15, 0.2) is 5.16 Å². The van der Waals surface area contributed by atoms with Crippen molar-refractivity contribution < 1.29 is 4.79 Å². The molecule has 1 N–H and O–H groups in total. The first-order valence-electron chi connectivity index (χ1n) is 10.2. The Balaban J connectivity index is 1.43. The maximum absolute atomic E-state index is 12.6. The minimum atomic E-state index is -0.188. The van der Waals surface area contributed by atoms with Crippen LogP contribution in [0.1, 0.15) is 63.6 Å². The van der Waals surface area contributed by atoms with E-state index >= 15 is 0 Å². The highest BCUT2D eigenvalue weighted by atomic mass is 32.2. The van der Waals surface area contributed by atoms with Gasteiger partial charge in [-0.2, -0.15) is 0 Å². The van der Waals surface area contributed by atoms with E-state index in [1.165, 1.54) is 56.7 Å². The van der Waals surface area contributed by atoms with Gasteiger partial charge in [0, 0.05) is 18.2 Å². The molecule has 0 spiro atoms. The molecule has 0 bridgehead atoms. The number of benzene rings is 1. The largest absolute Gasteiger partial charge is 0.355 e. The molecule has 1 unspecified atom stereocenters. The maximum atomic E-state index is 12.6. The molecule has 144 valence electrons. The molecule has 2 saturated carbocycles. The molecule has 4 rings (SSSR count). The van der Waals surface area contributed by atoms with Crippen LogP contribution in [0.3, 0.4) is 0 Å². The fourth-order valence-electron chi connectivity index (χ4n) is 3.77. The number of carbonyl (C=O) groups excluding carboxylic acids is 1. The zero-order valence-corrected chi connectivity index (χ0v) is 16.8. The first-order chi connectivity index (χ1) is 13.2. The molecule has 2 aliphatic carbocycles. The van der Waals surface area contributed by atoms with Gasteiger partial charge in [0.05, 0.1) is 5.25 Å². The second-order valence-electron chi connectivity index (χ2n) is 7.80. The number of hydrogen-bond acceptors (Lipinski definition) is 4. The first kappa shape index (κ1) is 18.5. The van der Waals surface area contributed by atoms with Crippen molar-refractivity contribution in [3.05, 3.63) is 36.2 Å². The van der Waals surface area contributed by atoms with Crippen LogP contribution in [0.15, 0.2) is 35.5 Å². The van der Waals surface area contributed by atoms with Gasteiger partial charge in [-0.15, -0.1) is 10.2 Å². The first-order valence-corrected chi connectivity index (χ1v) is 11.1. The molecule has 27 heavy (non-hydrogen) atoms. The Kier molecular flexibility index (Phi) is 5.81. The highest BCUT2D eigenvalue weighted by Crippen LogP contribution is 2.41. The van der Waals surface area contributed by atoms with E-state index in [2.05, 4.69) is 32.2 Å². The van der Waals surface area contributed by atoms with E-state index in [4.69, 9.17) is 0 Å². The van der Waals surface area contributed by atoms with E-state index in [1.807, 2.05) is 25.1 Å². The second-order valence-corrected chi connectivity index (χ2v) is 9.10. The Morgan fingerprint density at radius 1 is 1.15 bits per heavy atom. The molecule has 0 radical (unpaired) electrons. The molecule has 1 aromatic carbocycles. The van der Waals surface area contributed by atoms with Crippen LogP contribution in [-0.2, 0) is 4.79 Å². The summed E-state index contributed by atoms with van der Waals surface area (Å²) in [6, 6.07) is 10.2. The number of nitrogens with one attached hydrogen (secondary N) is 1. The SMILES string of the molecule is CC(Sc1nnc(C2CC2)n1-c1ccccc1)C(=O)NCC1CCCCC1. The van der Waals surface area contributed by atoms with Crippen molar-refractivity contribution in [2.45, 2.75) is 68.2 Å². The summed E-state index contributed by atoms with van der Waals surface area (Å²) in [7, 11) is 0. The van der Waals surface area contributed by atoms with E-state index < -0.39 is 0 Å². The summed E-state index contributed by atoms with van der Waals surface area (Å²) in [5.74, 6) is 2.27. The lowest BCUT2D eigenvalue weighted by Crippen LogP contribution is -2.35. The van der Waals surface area contributed by atoms with Gasteiger partial charge in [0.25, 0.3) is 0 Å². The number of para-hydroxylation sites is 1. The highest BCUT2D eigenvalue weighted by Gasteiger charge is 2.32. The van der Waals surface area contributed by atoms with Gasteiger partial charge in [-0.3, -0.25) is 9.36 Å². The number of rotatable bonds is 7. The van der Waals surface area contributed by atoms with Crippen LogP contribution < -0.4 is 5.32 Å². The lowest BCUT2D eigenvalue weighted by Gasteiger charge is -2.22. The standard InChI is InChI=1S/C21H28N4OS/c1-15(20(26)22-14-16-8-4-2-5-9-16)27-21-24-23-19(17-12-13-17)25(21)18-10-6-3-7-11-18/h3,6-7,10-11,15-17H,2,4-5,8-9,12-14H2,1H3,(H,22,26). The molecule has 5 nitrogen and oxygen atoms in total. The van der Waals surface area contributed by atoms with Gasteiger partial charge in [-0.05, 0) is 50.7 Å². The molecule has 1 heterocycles. The van der Waals surface area contributed by atoms with Crippen LogP contribution in [-0.4, -0.2) is 32.5 Å². The Morgan fingerprint density at radius 3 is 2.59 bits per heavy atom. The van der Waals surface area contributed by atoms with Crippen molar-refractivity contribution in [1.82, 2.24) is 20.1 Å². The minimum Gasteiger partial charge on any atom is -0.355 e. The Hall–Kier alpha value is -1.82. The van der Waals surface area contributed by atoms with Gasteiger partial charge >= 0.3 is 0 Å². The quantitative estimate of drug-likeness (QED) is 0.722. The van der Waals surface area contributed by atoms with Crippen molar-refractivity contribution in [3.8, 4) is 5.69 Å². The fourth-order valence-corrected chi connectivity index (χ4v) is 4.67. The number of thioether (sulfide) groups is 1. The zero-order chi connectivity index (χ0) is 18.6. The van der Waals surface area contributed by atoms with E-state index in [0.29, 0.717) is 11.8 Å². The van der Waals surface area contributed by atoms with Crippen molar-refractivity contribution in [2.75, 3.05) is 6.54 Å². The van der Waals surface area contributed by atoms with Crippen LogP contribution in [0.5, 0.6) is 0 Å². The number of amides is 1. The van der Waals surface area contributed by atoms with Crippen LogP contribution in [0.25, 0.3) is 5.69 Å². The molecule has 0 saturated heterocycles. The van der Waals surface area contributed by atoms with E-state index in [-0.39, 0.29) is 11.2 Å². The maximum Gasteiger partial charge on any atom is 0.233 e. The van der Waals surface area contributed by atoms with Gasteiger partial charge in [0.1, 0.15) is 5.82 Å². The number of aromatic nitrogens is 3. The minimum absolute atomic E-state index is 0.0983. The molecule has 1 atom stereocenters. The normalized spacial score (nSPS) is 19.0. The highest BCUT2D eigenvalue weighted by molar-refractivity contribution is 8.00. The average Bonchev–Trinajstić information content (AvgIpc) is 3.48. The molecule has 2 aliphatic rings. The van der Waals surface area contributed by atoms with Crippen molar-refractivity contribution in [3.63, 3.8) is 0 Å². The van der Waals surface area contributed by atoms with Crippen LogP contribution in [0.4, 0.5) is 0 Å². The summed E-state index contributed by atoms with van der Waals surface area (Å²) in [6.07, 6.45) is 8.78. The van der Waals surface area contributed by atoms with Crippen LogP contribution in [0, 0.1) is 5.92 Å². The van der Waals surface area contributed by atoms with Gasteiger partial charge < -0.3 is 5.32 Å². The average molecular weight is 385 g/mol. The topological polar surface area (TPSA) is 59.8 Å². The summed E-state index contributed by atoms with van der Waals surface area (Å²) in [5, 5.41) is 12.6. The second kappa shape index (κ2) is 8.46. The van der Waals surface area contributed by atoms with E-state index in [9.17, 15) is 4.79 Å². The monoisotopic (exact) mass is 384 g/mol. The summed E-state index contributed by atoms with van der Waals surface area (Å²) < 4.78 is 2.13. The lowest BCUT2D eigenvalue weighted by atomic mass is 9.89. The molecule has 1 aromatic heterocycles. The Morgan fingerprint density at radius 2 is 1.89 bits per heavy atom. The van der Waals surface area contributed by atoms with Gasteiger partial charge in [0.2, 0.25) is 5.91 Å². The van der Waals surface area contributed by atoms with E-state index in [0.717, 1.165) is 23.2 Å². The van der Waals surface area contributed by atoms with E-state index in [1.54, 1.807) is 0 Å². The summed E-state index contributed by atoms with van der Waals surface area (Å²) in [4.78, 5) is 12.6. The van der Waals surface area contributed by atoms with Crippen molar-refractivity contribution in [1.29, 1.82) is 0 Å². The molecule has 2 fully saturated rings. The summed E-state index contributed by atoms with van der Waals surface area (Å²) in [5.41, 5.74) is 1.07. The molecule has 6 heteroatoms. The third-order valence-electron chi connectivity index (χ3n) is 5.56. The third kappa shape index (κ3) is 4.54. The number of hydrogen-bond donors (Lipinski definition) is 1. The molecular weight excluding hydrogens is 356 g/mol. The molecule has 0 aliphatic heterocycles. The Labute approximate surface area is 165 Å². The summed E-state index contributed by atoms with van der Waals surface area (Å²) >= 11 is 1.50. The predicted molar refractivity (Wildman–Crippen MR) is 108 cm³/mol. The molecule has 1 amide bonds. The van der Waals surface area contributed by atoms with Crippen molar-refractivity contribution >= 4 is 17.7 Å². The van der Waals surface area contributed by atoms with Gasteiger partial charge in [-0.1, -0.05) is 49.2 Å². The van der Waals surface area contributed by atoms with Crippen molar-refractivity contribution in [2.24, 2.45) is 5.92 Å². The smallest absolute Gasteiger partial charge is 0.233 e. The fraction of sp³-hybridized carbons (Fsp3) is 0.571. The lowest BCUT2D eigenvalue weighted by molar-refractivity contribution is -0.120. The summed E-state index contributed by atoms with van der Waals surface area (Å²) in [6.45, 7) is 2.77. The predicted octanol–water partition coefficient (Wildman–Crippen LogP) is 4.32. The molecule has 2 aromatic rings.